The third-order valence-electron chi connectivity index (χ3n) is 5.54. The Balaban J connectivity index is 1.37. The second-order valence-corrected chi connectivity index (χ2v) is 8.37. The maximum atomic E-state index is 12.9. The van der Waals surface area contributed by atoms with Gasteiger partial charge in [-0.1, -0.05) is 18.2 Å². The summed E-state index contributed by atoms with van der Waals surface area (Å²) in [5.74, 6) is 1.02. The van der Waals surface area contributed by atoms with Crippen LogP contribution in [0.15, 0.2) is 54.6 Å². The standard InChI is InChI=1S/C25H26F3N5O/c1-17-14-22(32-24(29-17)33-12-3-2-4-13-33)30-20-8-10-21(11-9-20)31-23(34)16-18-6-5-7-19(15-18)25(26,27)28/h5-11,14-15H,2-4,12-13,16H2,1H3,(H,31,34)(H,29,30,32). The van der Waals surface area contributed by atoms with E-state index in [2.05, 4.69) is 25.5 Å². The zero-order valence-corrected chi connectivity index (χ0v) is 18.8. The average molecular weight is 470 g/mol. The van der Waals surface area contributed by atoms with Crippen LogP contribution in [-0.2, 0) is 17.4 Å². The highest BCUT2D eigenvalue weighted by atomic mass is 19.4. The van der Waals surface area contributed by atoms with Gasteiger partial charge in [0, 0.05) is 36.2 Å². The number of hydrogen-bond acceptors (Lipinski definition) is 5. The lowest BCUT2D eigenvalue weighted by Crippen LogP contribution is -2.31. The molecule has 0 aliphatic carbocycles. The van der Waals surface area contributed by atoms with Gasteiger partial charge in [0.1, 0.15) is 5.82 Å². The van der Waals surface area contributed by atoms with Gasteiger partial charge < -0.3 is 15.5 Å². The number of rotatable bonds is 6. The molecule has 2 N–H and O–H groups in total. The zero-order valence-electron chi connectivity index (χ0n) is 18.8. The molecule has 4 rings (SSSR count). The Hall–Kier alpha value is -3.62. The number of carbonyl (C=O) groups is 1. The Labute approximate surface area is 196 Å². The Kier molecular flexibility index (Phi) is 7.00. The lowest BCUT2D eigenvalue weighted by Gasteiger charge is -2.27. The molecule has 0 bridgehead atoms. The lowest BCUT2D eigenvalue weighted by atomic mass is 10.1. The number of nitrogens with zero attached hydrogens (tertiary/aromatic N) is 3. The van der Waals surface area contributed by atoms with E-state index >= 15 is 0 Å². The zero-order chi connectivity index (χ0) is 24.1. The van der Waals surface area contributed by atoms with Crippen LogP contribution in [-0.4, -0.2) is 29.0 Å². The van der Waals surface area contributed by atoms with Gasteiger partial charge >= 0.3 is 6.18 Å². The normalized spacial score (nSPS) is 14.1. The summed E-state index contributed by atoms with van der Waals surface area (Å²) in [6.07, 6.45) is -1.08. The van der Waals surface area contributed by atoms with Crippen LogP contribution in [0.4, 0.5) is 36.3 Å². The van der Waals surface area contributed by atoms with E-state index < -0.39 is 17.6 Å². The number of amides is 1. The van der Waals surface area contributed by atoms with Crippen molar-refractivity contribution in [2.45, 2.75) is 38.8 Å². The summed E-state index contributed by atoms with van der Waals surface area (Å²) in [7, 11) is 0. The van der Waals surface area contributed by atoms with Gasteiger partial charge in [0.25, 0.3) is 0 Å². The van der Waals surface area contributed by atoms with Crippen molar-refractivity contribution in [1.82, 2.24) is 9.97 Å². The van der Waals surface area contributed by atoms with E-state index in [9.17, 15) is 18.0 Å². The van der Waals surface area contributed by atoms with Crippen LogP contribution in [0.1, 0.15) is 36.1 Å². The van der Waals surface area contributed by atoms with Crippen molar-refractivity contribution < 1.29 is 18.0 Å². The second-order valence-electron chi connectivity index (χ2n) is 8.37. The number of alkyl halides is 3. The molecule has 0 unspecified atom stereocenters. The monoisotopic (exact) mass is 469 g/mol. The van der Waals surface area contributed by atoms with Gasteiger partial charge in [-0.3, -0.25) is 4.79 Å². The maximum Gasteiger partial charge on any atom is 0.416 e. The van der Waals surface area contributed by atoms with Crippen LogP contribution >= 0.6 is 0 Å². The number of hydrogen-bond donors (Lipinski definition) is 2. The minimum absolute atomic E-state index is 0.149. The van der Waals surface area contributed by atoms with Gasteiger partial charge in [-0.15, -0.1) is 0 Å². The van der Waals surface area contributed by atoms with E-state index in [0.717, 1.165) is 55.4 Å². The molecule has 1 fully saturated rings. The summed E-state index contributed by atoms with van der Waals surface area (Å²) in [6.45, 7) is 3.85. The number of halogens is 3. The Morgan fingerprint density at radius 2 is 1.68 bits per heavy atom. The molecular weight excluding hydrogens is 443 g/mol. The topological polar surface area (TPSA) is 70.2 Å². The molecule has 2 aromatic carbocycles. The highest BCUT2D eigenvalue weighted by molar-refractivity contribution is 5.92. The molecule has 34 heavy (non-hydrogen) atoms. The van der Waals surface area contributed by atoms with Crippen LogP contribution in [0.3, 0.4) is 0 Å². The van der Waals surface area contributed by atoms with Crippen molar-refractivity contribution in [3.05, 3.63) is 71.4 Å². The summed E-state index contributed by atoms with van der Waals surface area (Å²) in [4.78, 5) is 23.7. The number of anilines is 4. The second kappa shape index (κ2) is 10.1. The van der Waals surface area contributed by atoms with Crippen molar-refractivity contribution in [2.24, 2.45) is 0 Å². The molecule has 0 spiro atoms. The fourth-order valence-electron chi connectivity index (χ4n) is 3.89. The van der Waals surface area contributed by atoms with Gasteiger partial charge in [0.05, 0.1) is 12.0 Å². The summed E-state index contributed by atoms with van der Waals surface area (Å²) < 4.78 is 38.6. The SMILES string of the molecule is Cc1cc(Nc2ccc(NC(=O)Cc3cccc(C(F)(F)F)c3)cc2)nc(N2CCCCC2)n1. The first-order chi connectivity index (χ1) is 16.3. The van der Waals surface area contributed by atoms with Gasteiger partial charge in [-0.25, -0.2) is 4.98 Å². The number of nitrogens with one attached hydrogen (secondary N) is 2. The third kappa shape index (κ3) is 6.24. The molecule has 1 saturated heterocycles. The van der Waals surface area contributed by atoms with Crippen LogP contribution in [0.25, 0.3) is 0 Å². The highest BCUT2D eigenvalue weighted by Crippen LogP contribution is 2.29. The van der Waals surface area contributed by atoms with E-state index in [1.54, 1.807) is 24.3 Å². The molecular formula is C25H26F3N5O. The van der Waals surface area contributed by atoms with E-state index in [1.165, 1.54) is 18.6 Å². The first-order valence-corrected chi connectivity index (χ1v) is 11.2. The van der Waals surface area contributed by atoms with Crippen LogP contribution in [0, 0.1) is 6.92 Å². The Morgan fingerprint density at radius 1 is 0.971 bits per heavy atom. The molecule has 0 saturated carbocycles. The van der Waals surface area contributed by atoms with Gasteiger partial charge in [0.2, 0.25) is 11.9 Å². The summed E-state index contributed by atoms with van der Waals surface area (Å²) in [5, 5.41) is 5.99. The van der Waals surface area contributed by atoms with E-state index in [1.807, 2.05) is 13.0 Å². The molecule has 1 aromatic heterocycles. The van der Waals surface area contributed by atoms with Gasteiger partial charge in [0.15, 0.2) is 0 Å². The third-order valence-corrected chi connectivity index (χ3v) is 5.54. The molecule has 2 heterocycles. The first kappa shape index (κ1) is 23.5. The number of benzene rings is 2. The first-order valence-electron chi connectivity index (χ1n) is 11.2. The van der Waals surface area contributed by atoms with E-state index in [0.29, 0.717) is 17.1 Å². The molecule has 178 valence electrons. The molecule has 6 nitrogen and oxygen atoms in total. The largest absolute Gasteiger partial charge is 0.416 e. The van der Waals surface area contributed by atoms with Crippen molar-refractivity contribution in [3.8, 4) is 0 Å². The number of carbonyl (C=O) groups excluding carboxylic acids is 1. The number of aryl methyl sites for hydroxylation is 1. The van der Waals surface area contributed by atoms with E-state index in [4.69, 9.17) is 0 Å². The fraction of sp³-hybridized carbons (Fsp3) is 0.320. The van der Waals surface area contributed by atoms with Crippen LogP contribution < -0.4 is 15.5 Å². The lowest BCUT2D eigenvalue weighted by molar-refractivity contribution is -0.137. The van der Waals surface area contributed by atoms with Crippen molar-refractivity contribution in [2.75, 3.05) is 28.6 Å². The van der Waals surface area contributed by atoms with Crippen molar-refractivity contribution >= 4 is 29.0 Å². The Bertz CT molecular complexity index is 1140. The Morgan fingerprint density at radius 3 is 2.38 bits per heavy atom. The van der Waals surface area contributed by atoms with Crippen LogP contribution in [0.2, 0.25) is 0 Å². The minimum atomic E-state index is -4.44. The molecule has 3 aromatic rings. The predicted molar refractivity (Wildman–Crippen MR) is 126 cm³/mol. The number of aromatic nitrogens is 2. The highest BCUT2D eigenvalue weighted by Gasteiger charge is 2.30. The average Bonchev–Trinajstić information content (AvgIpc) is 2.80. The number of piperidine rings is 1. The molecule has 1 aliphatic heterocycles. The maximum absolute atomic E-state index is 12.9. The van der Waals surface area contributed by atoms with Crippen molar-refractivity contribution in [1.29, 1.82) is 0 Å². The van der Waals surface area contributed by atoms with Crippen molar-refractivity contribution in [3.63, 3.8) is 0 Å². The molecule has 1 amide bonds. The van der Waals surface area contributed by atoms with Gasteiger partial charge in [-0.05, 0) is 62.1 Å². The molecule has 1 aliphatic rings. The van der Waals surface area contributed by atoms with Crippen LogP contribution in [0.5, 0.6) is 0 Å². The molecule has 0 radical (unpaired) electrons. The predicted octanol–water partition coefficient (Wildman–Crippen LogP) is 5.72. The fourth-order valence-corrected chi connectivity index (χ4v) is 3.89. The smallest absolute Gasteiger partial charge is 0.341 e. The molecule has 9 heteroatoms. The summed E-state index contributed by atoms with van der Waals surface area (Å²) >= 11 is 0. The minimum Gasteiger partial charge on any atom is -0.341 e. The summed E-state index contributed by atoms with van der Waals surface area (Å²) in [6, 6.07) is 13.7. The quantitative estimate of drug-likeness (QED) is 0.483. The van der Waals surface area contributed by atoms with Gasteiger partial charge in [-0.2, -0.15) is 18.2 Å². The molecule has 0 atom stereocenters. The summed E-state index contributed by atoms with van der Waals surface area (Å²) in [5.41, 5.74) is 1.75. The van der Waals surface area contributed by atoms with E-state index in [-0.39, 0.29) is 6.42 Å².